The number of nitrogens with zero attached hydrogens (tertiary/aromatic N) is 1. The zero-order valence-electron chi connectivity index (χ0n) is 11.8. The molecule has 1 aliphatic carbocycles. The van der Waals surface area contributed by atoms with E-state index in [0.717, 1.165) is 30.2 Å². The first kappa shape index (κ1) is 13.6. The van der Waals surface area contributed by atoms with E-state index in [-0.39, 0.29) is 17.5 Å². The topological polar surface area (TPSA) is 73.7 Å². The zero-order valence-corrected chi connectivity index (χ0v) is 11.8. The second kappa shape index (κ2) is 5.17. The molecule has 0 unspecified atom stereocenters. The van der Waals surface area contributed by atoms with Gasteiger partial charge in [0.25, 0.3) is 0 Å². The smallest absolute Gasteiger partial charge is 0.189 e. The predicted octanol–water partition coefficient (Wildman–Crippen LogP) is 3.17. The van der Waals surface area contributed by atoms with E-state index < -0.39 is 5.92 Å². The Morgan fingerprint density at radius 3 is 2.67 bits per heavy atom. The summed E-state index contributed by atoms with van der Waals surface area (Å²) >= 11 is 0. The molecule has 4 nitrogen and oxygen atoms in total. The first-order chi connectivity index (χ1) is 10.1. The van der Waals surface area contributed by atoms with Gasteiger partial charge in [0.15, 0.2) is 17.5 Å². The number of ketones is 2. The van der Waals surface area contributed by atoms with Gasteiger partial charge in [-0.1, -0.05) is 24.6 Å². The van der Waals surface area contributed by atoms with E-state index in [2.05, 4.69) is 4.98 Å². The number of carbonyl (C=O) groups is 2. The van der Waals surface area contributed by atoms with Crippen LogP contribution in [-0.4, -0.2) is 16.6 Å². The van der Waals surface area contributed by atoms with Crippen molar-refractivity contribution >= 4 is 22.5 Å². The van der Waals surface area contributed by atoms with E-state index in [1.54, 1.807) is 6.92 Å². The van der Waals surface area contributed by atoms with Crippen molar-refractivity contribution in [2.24, 2.45) is 11.8 Å². The van der Waals surface area contributed by atoms with E-state index in [9.17, 15) is 14.9 Å². The van der Waals surface area contributed by atoms with Crippen LogP contribution in [0.3, 0.4) is 0 Å². The summed E-state index contributed by atoms with van der Waals surface area (Å²) < 4.78 is 0. The van der Waals surface area contributed by atoms with Crippen LogP contribution < -0.4 is 0 Å². The molecular weight excluding hydrogens is 264 g/mol. The van der Waals surface area contributed by atoms with Gasteiger partial charge in [0.1, 0.15) is 0 Å². The molecule has 1 aliphatic rings. The molecule has 2 aromatic rings. The van der Waals surface area contributed by atoms with Crippen molar-refractivity contribution in [2.45, 2.75) is 26.2 Å². The van der Waals surface area contributed by atoms with Crippen molar-refractivity contribution in [3.63, 3.8) is 0 Å². The van der Waals surface area contributed by atoms with Gasteiger partial charge >= 0.3 is 0 Å². The van der Waals surface area contributed by atoms with E-state index in [1.807, 2.05) is 30.3 Å². The Morgan fingerprint density at radius 2 is 2.05 bits per heavy atom. The average Bonchev–Trinajstić information content (AvgIpc) is 2.73. The lowest BCUT2D eigenvalue weighted by molar-refractivity contribution is -0.126. The Morgan fingerprint density at radius 1 is 1.33 bits per heavy atom. The van der Waals surface area contributed by atoms with E-state index >= 15 is 0 Å². The number of nitriles is 1. The van der Waals surface area contributed by atoms with Crippen LogP contribution in [0.2, 0.25) is 0 Å². The summed E-state index contributed by atoms with van der Waals surface area (Å²) in [5.74, 6) is -1.86. The lowest BCUT2D eigenvalue weighted by Crippen LogP contribution is -2.32. The molecule has 1 fully saturated rings. The number of fused-ring (bicyclic) bond motifs is 1. The summed E-state index contributed by atoms with van der Waals surface area (Å²) in [5.41, 5.74) is 2.04. The summed E-state index contributed by atoms with van der Waals surface area (Å²) in [5, 5.41) is 10.1. The number of aromatic amines is 1. The van der Waals surface area contributed by atoms with Crippen LogP contribution in [0.5, 0.6) is 0 Å². The monoisotopic (exact) mass is 280 g/mol. The molecule has 1 aromatic carbocycles. The molecule has 0 spiro atoms. The summed E-state index contributed by atoms with van der Waals surface area (Å²) in [6, 6.07) is 9.37. The molecule has 1 aromatic heterocycles. The van der Waals surface area contributed by atoms with Crippen molar-refractivity contribution in [3.05, 3.63) is 35.5 Å². The Balaban J connectivity index is 2.01. The number of hydrogen-bond donors (Lipinski definition) is 1. The number of aromatic nitrogens is 1. The largest absolute Gasteiger partial charge is 0.358 e. The quantitative estimate of drug-likeness (QED) is 0.690. The highest BCUT2D eigenvalue weighted by molar-refractivity contribution is 6.19. The van der Waals surface area contributed by atoms with Crippen molar-refractivity contribution in [1.82, 2.24) is 4.98 Å². The van der Waals surface area contributed by atoms with Gasteiger partial charge in [-0.15, -0.1) is 0 Å². The average molecular weight is 280 g/mol. The Kier molecular flexibility index (Phi) is 3.34. The molecule has 0 bridgehead atoms. The fourth-order valence-corrected chi connectivity index (χ4v) is 2.92. The number of carbonyl (C=O) groups excluding carboxylic acids is 2. The third-order valence-electron chi connectivity index (χ3n) is 4.32. The molecular formula is C17H16N2O2. The van der Waals surface area contributed by atoms with Gasteiger partial charge in [0.2, 0.25) is 0 Å². The van der Waals surface area contributed by atoms with Gasteiger partial charge in [-0.25, -0.2) is 0 Å². The number of para-hydroxylation sites is 1. The van der Waals surface area contributed by atoms with Gasteiger partial charge in [0, 0.05) is 28.1 Å². The highest BCUT2D eigenvalue weighted by Gasteiger charge is 2.37. The maximum absolute atomic E-state index is 12.7. The second-order valence-electron chi connectivity index (χ2n) is 5.63. The van der Waals surface area contributed by atoms with Crippen molar-refractivity contribution < 1.29 is 9.59 Å². The number of benzene rings is 1. The van der Waals surface area contributed by atoms with Gasteiger partial charge < -0.3 is 4.98 Å². The minimum atomic E-state index is -1.17. The molecule has 1 atom stereocenters. The molecule has 0 saturated heterocycles. The number of hydrogen-bond acceptors (Lipinski definition) is 3. The van der Waals surface area contributed by atoms with Gasteiger partial charge in [-0.3, -0.25) is 9.59 Å². The van der Waals surface area contributed by atoms with Crippen LogP contribution in [0.4, 0.5) is 0 Å². The van der Waals surface area contributed by atoms with Gasteiger partial charge in [-0.05, 0) is 25.8 Å². The summed E-state index contributed by atoms with van der Waals surface area (Å²) in [6.07, 6.45) is 2.61. The number of Topliss-reactive ketones (excluding diaryl/α,β-unsaturated/α-hetero) is 2. The molecule has 1 N–H and O–H groups in total. The number of aryl methyl sites for hydroxylation is 1. The lowest BCUT2D eigenvalue weighted by atomic mass is 9.76. The number of H-pyrrole nitrogens is 1. The minimum absolute atomic E-state index is 0.107. The summed E-state index contributed by atoms with van der Waals surface area (Å²) in [7, 11) is 0. The normalized spacial score (nSPS) is 16.2. The second-order valence-corrected chi connectivity index (χ2v) is 5.63. The Labute approximate surface area is 122 Å². The van der Waals surface area contributed by atoms with Crippen LogP contribution in [0.25, 0.3) is 10.9 Å². The van der Waals surface area contributed by atoms with E-state index in [0.29, 0.717) is 11.3 Å². The molecule has 0 aliphatic heterocycles. The molecule has 1 saturated carbocycles. The van der Waals surface area contributed by atoms with Gasteiger partial charge in [0.05, 0.1) is 6.07 Å². The van der Waals surface area contributed by atoms with Crippen LogP contribution >= 0.6 is 0 Å². The minimum Gasteiger partial charge on any atom is -0.358 e. The number of rotatable bonds is 4. The van der Waals surface area contributed by atoms with Crippen LogP contribution in [0.1, 0.15) is 35.3 Å². The van der Waals surface area contributed by atoms with Crippen LogP contribution in [-0.2, 0) is 4.79 Å². The molecule has 0 radical (unpaired) electrons. The van der Waals surface area contributed by atoms with E-state index in [1.165, 1.54) is 0 Å². The SMILES string of the molecule is Cc1[nH]c2ccccc2c1C(=O)[C@H](C#N)C(=O)C1CCC1. The first-order valence-electron chi connectivity index (χ1n) is 7.18. The Bertz CT molecular complexity index is 763. The third kappa shape index (κ3) is 2.15. The molecule has 0 amide bonds. The zero-order chi connectivity index (χ0) is 15.0. The highest BCUT2D eigenvalue weighted by Crippen LogP contribution is 2.32. The predicted molar refractivity (Wildman–Crippen MR) is 78.8 cm³/mol. The fraction of sp³-hybridized carbons (Fsp3) is 0.353. The molecule has 3 rings (SSSR count). The van der Waals surface area contributed by atoms with Crippen molar-refractivity contribution in [1.29, 1.82) is 5.26 Å². The van der Waals surface area contributed by atoms with Crippen LogP contribution in [0.15, 0.2) is 24.3 Å². The number of nitrogens with one attached hydrogen (secondary N) is 1. The molecule has 106 valence electrons. The molecule has 4 heteroatoms. The Hall–Kier alpha value is -2.41. The fourth-order valence-electron chi connectivity index (χ4n) is 2.92. The molecule has 21 heavy (non-hydrogen) atoms. The third-order valence-corrected chi connectivity index (χ3v) is 4.32. The van der Waals surface area contributed by atoms with Crippen LogP contribution in [0, 0.1) is 30.1 Å². The summed E-state index contributed by atoms with van der Waals surface area (Å²) in [4.78, 5) is 28.1. The maximum atomic E-state index is 12.7. The maximum Gasteiger partial charge on any atom is 0.189 e. The molecule has 1 heterocycles. The first-order valence-corrected chi connectivity index (χ1v) is 7.18. The van der Waals surface area contributed by atoms with Crippen molar-refractivity contribution in [3.8, 4) is 6.07 Å². The van der Waals surface area contributed by atoms with Gasteiger partial charge in [-0.2, -0.15) is 5.26 Å². The standard InChI is InChI=1S/C17H16N2O2/c1-10-15(12-7-2-3-8-14(12)19-10)17(21)13(9-18)16(20)11-5-4-6-11/h2-3,7-8,11,13,19H,4-6H2,1H3/t13-/m1/s1. The van der Waals surface area contributed by atoms with E-state index in [4.69, 9.17) is 0 Å². The van der Waals surface area contributed by atoms with Crippen molar-refractivity contribution in [2.75, 3.05) is 0 Å². The lowest BCUT2D eigenvalue weighted by Gasteiger charge is -2.25. The summed E-state index contributed by atoms with van der Waals surface area (Å²) in [6.45, 7) is 1.80. The highest BCUT2D eigenvalue weighted by atomic mass is 16.2.